The van der Waals surface area contributed by atoms with Crippen LogP contribution in [0.1, 0.15) is 34.1 Å². The first-order valence-corrected chi connectivity index (χ1v) is 5.91. The van der Waals surface area contributed by atoms with Crippen LogP contribution in [0, 0.1) is 0 Å². The van der Waals surface area contributed by atoms with Gasteiger partial charge in [0, 0.05) is 25.2 Å². The first kappa shape index (κ1) is 14.9. The van der Waals surface area contributed by atoms with Gasteiger partial charge >= 0.3 is 0 Å². The van der Waals surface area contributed by atoms with Crippen LogP contribution in [0.2, 0.25) is 0 Å². The number of methoxy groups -OCH3 is 1. The lowest BCUT2D eigenvalue weighted by molar-refractivity contribution is 0.0996. The van der Waals surface area contributed by atoms with Gasteiger partial charge in [0.05, 0.1) is 6.61 Å². The third-order valence-electron chi connectivity index (χ3n) is 3.25. The van der Waals surface area contributed by atoms with Crippen LogP contribution in [0.3, 0.4) is 0 Å². The third kappa shape index (κ3) is 5.50. The van der Waals surface area contributed by atoms with Crippen LogP contribution in [0.15, 0.2) is 0 Å². The Morgan fingerprint density at radius 1 is 1.33 bits per heavy atom. The fraction of sp³-hybridized carbons (Fsp3) is 1.00. The molecular weight excluding hydrogens is 188 g/mol. The molecule has 0 spiro atoms. The van der Waals surface area contributed by atoms with Crippen molar-refractivity contribution in [2.24, 2.45) is 0 Å². The van der Waals surface area contributed by atoms with Crippen molar-refractivity contribution in [3.63, 3.8) is 0 Å². The lowest BCUT2D eigenvalue weighted by Gasteiger charge is -2.37. The van der Waals surface area contributed by atoms with E-state index in [2.05, 4.69) is 45.0 Å². The molecule has 3 heteroatoms. The molecular formula is C12H28N2O. The molecule has 0 aromatic rings. The lowest BCUT2D eigenvalue weighted by atomic mass is 9.99. The summed E-state index contributed by atoms with van der Waals surface area (Å²) >= 11 is 0. The summed E-state index contributed by atoms with van der Waals surface area (Å²) in [6.45, 7) is 11.7. The number of nitrogens with one attached hydrogen (secondary N) is 1. The third-order valence-corrected chi connectivity index (χ3v) is 3.25. The first-order chi connectivity index (χ1) is 6.97. The molecule has 0 aliphatic rings. The Morgan fingerprint density at radius 2 is 1.93 bits per heavy atom. The van der Waals surface area contributed by atoms with Crippen LogP contribution in [-0.4, -0.2) is 50.3 Å². The van der Waals surface area contributed by atoms with Crippen molar-refractivity contribution in [1.29, 1.82) is 0 Å². The minimum absolute atomic E-state index is 0.265. The van der Waals surface area contributed by atoms with Crippen molar-refractivity contribution in [1.82, 2.24) is 10.2 Å². The Hall–Kier alpha value is -0.120. The van der Waals surface area contributed by atoms with Gasteiger partial charge in [0.1, 0.15) is 0 Å². The highest BCUT2D eigenvalue weighted by molar-refractivity contribution is 4.81. The fourth-order valence-electron chi connectivity index (χ4n) is 1.51. The zero-order valence-electron chi connectivity index (χ0n) is 11.3. The molecule has 15 heavy (non-hydrogen) atoms. The van der Waals surface area contributed by atoms with E-state index in [1.54, 1.807) is 7.11 Å². The number of hydrogen-bond acceptors (Lipinski definition) is 3. The number of rotatable bonds is 8. The summed E-state index contributed by atoms with van der Waals surface area (Å²) in [5.74, 6) is 0. The average molecular weight is 216 g/mol. The van der Waals surface area contributed by atoms with Crippen molar-refractivity contribution in [2.75, 3.05) is 33.9 Å². The second kappa shape index (κ2) is 7.20. The summed E-state index contributed by atoms with van der Waals surface area (Å²) in [5.41, 5.74) is 0.265. The van der Waals surface area contributed by atoms with Gasteiger partial charge in [-0.15, -0.1) is 0 Å². The highest BCUT2D eigenvalue weighted by Gasteiger charge is 2.23. The maximum Gasteiger partial charge on any atom is 0.0628 e. The molecule has 0 radical (unpaired) electrons. The number of ether oxygens (including phenoxy) is 1. The molecule has 92 valence electrons. The van der Waals surface area contributed by atoms with Gasteiger partial charge in [-0.25, -0.2) is 0 Å². The van der Waals surface area contributed by atoms with Crippen LogP contribution in [-0.2, 0) is 4.74 Å². The van der Waals surface area contributed by atoms with E-state index in [9.17, 15) is 0 Å². The van der Waals surface area contributed by atoms with E-state index in [-0.39, 0.29) is 5.54 Å². The van der Waals surface area contributed by atoms with E-state index < -0.39 is 0 Å². The highest BCUT2D eigenvalue weighted by Crippen LogP contribution is 2.16. The number of hydrogen-bond donors (Lipinski definition) is 1. The van der Waals surface area contributed by atoms with Crippen LogP contribution in [0.5, 0.6) is 0 Å². The van der Waals surface area contributed by atoms with Crippen LogP contribution in [0.4, 0.5) is 0 Å². The van der Waals surface area contributed by atoms with Crippen LogP contribution >= 0.6 is 0 Å². The van der Waals surface area contributed by atoms with Crippen LogP contribution in [0.25, 0.3) is 0 Å². The van der Waals surface area contributed by atoms with E-state index in [1.165, 1.54) is 0 Å². The van der Waals surface area contributed by atoms with E-state index >= 15 is 0 Å². The zero-order valence-corrected chi connectivity index (χ0v) is 11.3. The fourth-order valence-corrected chi connectivity index (χ4v) is 1.51. The van der Waals surface area contributed by atoms with Gasteiger partial charge in [0.2, 0.25) is 0 Å². The normalized spacial score (nSPS) is 14.6. The minimum atomic E-state index is 0.265. The molecule has 1 N–H and O–H groups in total. The maximum absolute atomic E-state index is 5.21. The summed E-state index contributed by atoms with van der Waals surface area (Å²) in [7, 11) is 3.94. The molecule has 0 aromatic heterocycles. The molecule has 0 aromatic carbocycles. The van der Waals surface area contributed by atoms with Crippen molar-refractivity contribution in [3.8, 4) is 0 Å². The molecule has 0 saturated carbocycles. The smallest absolute Gasteiger partial charge is 0.0628 e. The lowest BCUT2D eigenvalue weighted by Crippen LogP contribution is -2.49. The van der Waals surface area contributed by atoms with E-state index in [1.807, 2.05) is 0 Å². The van der Waals surface area contributed by atoms with Gasteiger partial charge < -0.3 is 10.1 Å². The summed E-state index contributed by atoms with van der Waals surface area (Å²) in [6.07, 6.45) is 1.16. The number of nitrogens with zero attached hydrogens (tertiary/aromatic N) is 1. The summed E-state index contributed by atoms with van der Waals surface area (Å²) in [5, 5.41) is 3.44. The Labute approximate surface area is 95.2 Å². The van der Waals surface area contributed by atoms with Crippen molar-refractivity contribution in [3.05, 3.63) is 0 Å². The second-order valence-corrected chi connectivity index (χ2v) is 4.76. The van der Waals surface area contributed by atoms with Gasteiger partial charge in [-0.3, -0.25) is 4.90 Å². The van der Waals surface area contributed by atoms with Crippen LogP contribution < -0.4 is 5.32 Å². The number of likely N-dealkylation sites (N-methyl/N-ethyl adjacent to an activating group) is 2. The topological polar surface area (TPSA) is 24.5 Å². The molecule has 0 amide bonds. The predicted octanol–water partition coefficient (Wildman–Crippen LogP) is 1.73. The minimum Gasteiger partial charge on any atom is -0.383 e. The molecule has 0 aliphatic heterocycles. The standard InChI is InChI=1S/C12H28N2O/c1-7-12(3,4)14(5)9-11(10-15-6)13-8-2/h11,13H,7-10H2,1-6H3. The summed E-state index contributed by atoms with van der Waals surface area (Å²) < 4.78 is 5.21. The summed E-state index contributed by atoms with van der Waals surface area (Å²) in [4.78, 5) is 2.40. The molecule has 0 rings (SSSR count). The van der Waals surface area contributed by atoms with Crippen molar-refractivity contribution >= 4 is 0 Å². The molecule has 1 atom stereocenters. The average Bonchev–Trinajstić information content (AvgIpc) is 2.18. The van der Waals surface area contributed by atoms with Gasteiger partial charge in [0.25, 0.3) is 0 Å². The van der Waals surface area contributed by atoms with Gasteiger partial charge in [0.15, 0.2) is 0 Å². The van der Waals surface area contributed by atoms with Gasteiger partial charge in [-0.1, -0.05) is 13.8 Å². The Bertz CT molecular complexity index is 154. The quantitative estimate of drug-likeness (QED) is 0.669. The molecule has 0 fully saturated rings. The zero-order chi connectivity index (χ0) is 11.9. The predicted molar refractivity (Wildman–Crippen MR) is 66.3 cm³/mol. The Kier molecular flexibility index (Phi) is 7.14. The largest absolute Gasteiger partial charge is 0.383 e. The molecule has 0 bridgehead atoms. The highest BCUT2D eigenvalue weighted by atomic mass is 16.5. The molecule has 0 saturated heterocycles. The summed E-state index contributed by atoms with van der Waals surface area (Å²) in [6, 6.07) is 0.427. The van der Waals surface area contributed by atoms with Crippen molar-refractivity contribution < 1.29 is 4.74 Å². The molecule has 0 aliphatic carbocycles. The maximum atomic E-state index is 5.21. The monoisotopic (exact) mass is 216 g/mol. The van der Waals surface area contributed by atoms with Gasteiger partial charge in [-0.2, -0.15) is 0 Å². The Morgan fingerprint density at radius 3 is 2.33 bits per heavy atom. The van der Waals surface area contributed by atoms with Gasteiger partial charge in [-0.05, 0) is 33.9 Å². The molecule has 3 nitrogen and oxygen atoms in total. The SMILES string of the molecule is CCNC(COC)CN(C)C(C)(C)CC. The second-order valence-electron chi connectivity index (χ2n) is 4.76. The van der Waals surface area contributed by atoms with E-state index in [0.29, 0.717) is 6.04 Å². The molecule has 1 unspecified atom stereocenters. The van der Waals surface area contributed by atoms with E-state index in [4.69, 9.17) is 4.74 Å². The Balaban J connectivity index is 4.14. The molecule has 0 heterocycles. The van der Waals surface area contributed by atoms with E-state index in [0.717, 1.165) is 26.1 Å². The van der Waals surface area contributed by atoms with Crippen molar-refractivity contribution in [2.45, 2.75) is 45.7 Å². The first-order valence-electron chi connectivity index (χ1n) is 5.91.